The third kappa shape index (κ3) is 2.31. The Hall–Kier alpha value is -2.55. The Kier molecular flexibility index (Phi) is 3.26. The molecule has 1 aromatic rings. The van der Waals surface area contributed by atoms with Crippen LogP contribution in [-0.2, 0) is 4.79 Å². The minimum Gasteiger partial charge on any atom is -0.481 e. The van der Waals surface area contributed by atoms with Crippen LogP contribution in [0.1, 0.15) is 24.8 Å². The number of hydrogen-bond donors (Lipinski definition) is 2. The molecule has 0 aliphatic carbocycles. The van der Waals surface area contributed by atoms with Crippen molar-refractivity contribution < 1.29 is 14.7 Å². The first-order chi connectivity index (χ1) is 10.1. The second kappa shape index (κ2) is 5.09. The molecular weight excluding hydrogens is 270 g/mol. The molecule has 3 atom stereocenters. The van der Waals surface area contributed by atoms with Crippen LogP contribution in [0.25, 0.3) is 0 Å². The number of fused-ring (bicyclic) bond motifs is 2. The Morgan fingerprint density at radius 2 is 2.19 bits per heavy atom. The number of carbonyl (C=O) groups is 2. The van der Waals surface area contributed by atoms with Crippen LogP contribution in [-0.4, -0.2) is 34.1 Å². The van der Waals surface area contributed by atoms with Gasteiger partial charge in [0.1, 0.15) is 0 Å². The van der Waals surface area contributed by atoms with Crippen LogP contribution in [0.5, 0.6) is 0 Å². The van der Waals surface area contributed by atoms with E-state index in [1.807, 2.05) is 6.07 Å². The lowest BCUT2D eigenvalue weighted by atomic mass is 9.89. The van der Waals surface area contributed by atoms with Gasteiger partial charge >= 0.3 is 12.0 Å². The number of nitrogens with zero attached hydrogens (tertiary/aromatic N) is 2. The van der Waals surface area contributed by atoms with Crippen molar-refractivity contribution >= 4 is 17.7 Å². The molecule has 2 N–H and O–H groups in total. The largest absolute Gasteiger partial charge is 0.481 e. The highest BCUT2D eigenvalue weighted by Crippen LogP contribution is 2.42. The first kappa shape index (κ1) is 13.4. The van der Waals surface area contributed by atoms with Crippen LogP contribution in [0.15, 0.2) is 24.3 Å². The molecule has 21 heavy (non-hydrogen) atoms. The number of carbonyl (C=O) groups excluding carboxylic acids is 1. The minimum absolute atomic E-state index is 0.00949. The topological polar surface area (TPSA) is 93.4 Å². The molecular formula is C15H15N3O3. The number of anilines is 1. The van der Waals surface area contributed by atoms with Gasteiger partial charge < -0.3 is 15.3 Å². The molecule has 0 radical (unpaired) electrons. The molecule has 1 aromatic carbocycles. The fourth-order valence-corrected chi connectivity index (χ4v) is 3.43. The number of nitrogens with one attached hydrogen (secondary N) is 1. The number of carboxylic acid groups (broad SMARTS) is 1. The predicted octanol–water partition coefficient (Wildman–Crippen LogP) is 2.03. The Bertz CT molecular complexity index is 637. The average Bonchev–Trinajstić information content (AvgIpc) is 3.05. The molecule has 108 valence electrons. The van der Waals surface area contributed by atoms with E-state index < -0.39 is 11.9 Å². The van der Waals surface area contributed by atoms with E-state index in [1.54, 1.807) is 29.2 Å². The number of carboxylic acids is 1. The van der Waals surface area contributed by atoms with Gasteiger partial charge in [-0.2, -0.15) is 5.26 Å². The quantitative estimate of drug-likeness (QED) is 0.869. The zero-order chi connectivity index (χ0) is 15.0. The van der Waals surface area contributed by atoms with E-state index in [9.17, 15) is 14.7 Å². The van der Waals surface area contributed by atoms with Crippen LogP contribution in [0.4, 0.5) is 10.5 Å². The standard InChI is InChI=1S/C15H15N3O3/c16-8-9-2-1-3-10(6-9)17-15(21)18-11-4-5-13(18)12(7-11)14(19)20/h1-3,6,11-13H,4-5,7H2,(H,17,21)(H,19,20). The van der Waals surface area contributed by atoms with Gasteiger partial charge in [-0.25, -0.2) is 4.79 Å². The fourth-order valence-electron chi connectivity index (χ4n) is 3.43. The molecule has 2 fully saturated rings. The third-order valence-electron chi connectivity index (χ3n) is 4.33. The zero-order valence-corrected chi connectivity index (χ0v) is 11.3. The molecule has 2 heterocycles. The van der Waals surface area contributed by atoms with Crippen molar-refractivity contribution in [1.29, 1.82) is 5.26 Å². The summed E-state index contributed by atoms with van der Waals surface area (Å²) in [7, 11) is 0. The van der Waals surface area contributed by atoms with Crippen molar-refractivity contribution in [3.8, 4) is 6.07 Å². The molecule has 6 heteroatoms. The highest BCUT2D eigenvalue weighted by molar-refractivity contribution is 5.91. The summed E-state index contributed by atoms with van der Waals surface area (Å²) in [6.45, 7) is 0. The Balaban J connectivity index is 1.74. The maximum absolute atomic E-state index is 12.4. The van der Waals surface area contributed by atoms with E-state index in [0.717, 1.165) is 12.8 Å². The van der Waals surface area contributed by atoms with Crippen molar-refractivity contribution in [2.75, 3.05) is 5.32 Å². The van der Waals surface area contributed by atoms with Gasteiger partial charge in [-0.1, -0.05) is 6.07 Å². The van der Waals surface area contributed by atoms with Crippen LogP contribution in [0.2, 0.25) is 0 Å². The van der Waals surface area contributed by atoms with Crippen LogP contribution < -0.4 is 5.32 Å². The van der Waals surface area contributed by atoms with Crippen molar-refractivity contribution in [1.82, 2.24) is 4.90 Å². The van der Waals surface area contributed by atoms with Gasteiger partial charge in [-0.05, 0) is 37.5 Å². The van der Waals surface area contributed by atoms with Crippen molar-refractivity contribution in [2.24, 2.45) is 5.92 Å². The smallest absolute Gasteiger partial charge is 0.322 e. The fraction of sp³-hybridized carbons (Fsp3) is 0.400. The van der Waals surface area contributed by atoms with Crippen LogP contribution >= 0.6 is 0 Å². The highest BCUT2D eigenvalue weighted by Gasteiger charge is 2.51. The van der Waals surface area contributed by atoms with Gasteiger partial charge in [-0.3, -0.25) is 4.79 Å². The summed E-state index contributed by atoms with van der Waals surface area (Å²) in [6.07, 6.45) is 2.14. The second-order valence-electron chi connectivity index (χ2n) is 5.51. The summed E-state index contributed by atoms with van der Waals surface area (Å²) in [6, 6.07) is 8.22. The van der Waals surface area contributed by atoms with E-state index >= 15 is 0 Å². The minimum atomic E-state index is -0.827. The van der Waals surface area contributed by atoms with E-state index in [2.05, 4.69) is 5.32 Å². The number of amides is 2. The van der Waals surface area contributed by atoms with E-state index in [4.69, 9.17) is 5.26 Å². The van der Waals surface area contributed by atoms with Gasteiger partial charge in [-0.15, -0.1) is 0 Å². The SMILES string of the molecule is N#Cc1cccc(NC(=O)N2C3CCC2C(C(=O)O)C3)c1. The van der Waals surface area contributed by atoms with Gasteiger partial charge in [0, 0.05) is 17.8 Å². The van der Waals surface area contributed by atoms with E-state index in [-0.39, 0.29) is 18.1 Å². The monoisotopic (exact) mass is 285 g/mol. The molecule has 0 aromatic heterocycles. The number of aliphatic carboxylic acids is 1. The van der Waals surface area contributed by atoms with Crippen LogP contribution in [0.3, 0.4) is 0 Å². The van der Waals surface area contributed by atoms with E-state index in [0.29, 0.717) is 17.7 Å². The molecule has 2 saturated heterocycles. The molecule has 2 aliphatic heterocycles. The second-order valence-corrected chi connectivity index (χ2v) is 5.51. The lowest BCUT2D eigenvalue weighted by Crippen LogP contribution is -2.40. The summed E-state index contributed by atoms with van der Waals surface area (Å²) in [5.74, 6) is -1.29. The number of benzene rings is 1. The molecule has 6 nitrogen and oxygen atoms in total. The summed E-state index contributed by atoms with van der Waals surface area (Å²) in [4.78, 5) is 25.3. The van der Waals surface area contributed by atoms with Gasteiger partial charge in [0.2, 0.25) is 0 Å². The van der Waals surface area contributed by atoms with Gasteiger partial charge in [0.25, 0.3) is 0 Å². The average molecular weight is 285 g/mol. The molecule has 2 aliphatic rings. The first-order valence-corrected chi connectivity index (χ1v) is 6.92. The normalized spacial score (nSPS) is 26.4. The Morgan fingerprint density at radius 3 is 2.86 bits per heavy atom. The van der Waals surface area contributed by atoms with Crippen molar-refractivity contribution in [2.45, 2.75) is 31.3 Å². The molecule has 0 spiro atoms. The summed E-state index contributed by atoms with van der Waals surface area (Å²) < 4.78 is 0. The third-order valence-corrected chi connectivity index (χ3v) is 4.33. The maximum atomic E-state index is 12.4. The Labute approximate surface area is 122 Å². The lowest BCUT2D eigenvalue weighted by molar-refractivity contribution is -0.142. The van der Waals surface area contributed by atoms with Crippen molar-refractivity contribution in [3.63, 3.8) is 0 Å². The number of rotatable bonds is 2. The van der Waals surface area contributed by atoms with Gasteiger partial charge in [0.15, 0.2) is 0 Å². The molecule has 2 amide bonds. The number of nitriles is 1. The highest BCUT2D eigenvalue weighted by atomic mass is 16.4. The Morgan fingerprint density at radius 1 is 1.38 bits per heavy atom. The molecule has 2 bridgehead atoms. The first-order valence-electron chi connectivity index (χ1n) is 6.92. The van der Waals surface area contributed by atoms with Gasteiger partial charge in [0.05, 0.1) is 17.6 Å². The van der Waals surface area contributed by atoms with Crippen LogP contribution in [0, 0.1) is 17.2 Å². The predicted molar refractivity (Wildman–Crippen MR) is 74.6 cm³/mol. The molecule has 0 saturated carbocycles. The summed E-state index contributed by atoms with van der Waals surface area (Å²) in [5.41, 5.74) is 1.03. The van der Waals surface area contributed by atoms with E-state index in [1.165, 1.54) is 0 Å². The zero-order valence-electron chi connectivity index (χ0n) is 11.3. The number of urea groups is 1. The van der Waals surface area contributed by atoms with Crippen molar-refractivity contribution in [3.05, 3.63) is 29.8 Å². The lowest BCUT2D eigenvalue weighted by Gasteiger charge is -2.23. The molecule has 3 rings (SSSR count). The number of hydrogen-bond acceptors (Lipinski definition) is 3. The summed E-state index contributed by atoms with van der Waals surface area (Å²) in [5, 5.41) is 20.8. The molecule has 3 unspecified atom stereocenters. The summed E-state index contributed by atoms with van der Waals surface area (Å²) >= 11 is 0. The maximum Gasteiger partial charge on any atom is 0.322 e.